The number of para-hydroxylation sites is 1. The maximum atomic E-state index is 13.7. The van der Waals surface area contributed by atoms with E-state index in [2.05, 4.69) is 20.4 Å². The van der Waals surface area contributed by atoms with Crippen LogP contribution in [0, 0.1) is 6.92 Å². The van der Waals surface area contributed by atoms with E-state index in [1.54, 1.807) is 15.9 Å². The lowest BCUT2D eigenvalue weighted by Gasteiger charge is -2.32. The molecular formula is C22H24N2O2S2. The van der Waals surface area contributed by atoms with E-state index in [1.807, 2.05) is 37.3 Å². The average Bonchev–Trinajstić information content (AvgIpc) is 3.05. The molecule has 1 aliphatic heterocycles. The molecule has 0 amide bonds. The number of hydrogen-bond acceptors (Lipinski definition) is 5. The standard InChI is InChI=1S/C22H24N2O2S2/c1-5-11-27-21-23-19-18(15-12-22(4,6-2)26-13-17(15)28-19)20(25)24(21)16-10-8-7-9-14(16)3/h5,7-10H,1,6,11-13H2,2-4H3. The van der Waals surface area contributed by atoms with Crippen LogP contribution in [0.25, 0.3) is 15.9 Å². The molecule has 0 bridgehead atoms. The van der Waals surface area contributed by atoms with Gasteiger partial charge in [-0.1, -0.05) is 43.0 Å². The van der Waals surface area contributed by atoms with Gasteiger partial charge >= 0.3 is 0 Å². The molecule has 1 atom stereocenters. The maximum absolute atomic E-state index is 13.7. The zero-order valence-electron chi connectivity index (χ0n) is 16.4. The second-order valence-electron chi connectivity index (χ2n) is 7.37. The minimum atomic E-state index is -0.225. The Morgan fingerprint density at radius 1 is 1.43 bits per heavy atom. The molecule has 0 aliphatic carbocycles. The first kappa shape index (κ1) is 19.4. The molecule has 4 nitrogen and oxygen atoms in total. The summed E-state index contributed by atoms with van der Waals surface area (Å²) in [5.74, 6) is 0.700. The highest BCUT2D eigenvalue weighted by atomic mass is 32.2. The lowest BCUT2D eigenvalue weighted by molar-refractivity contribution is -0.0543. The lowest BCUT2D eigenvalue weighted by atomic mass is 9.90. The van der Waals surface area contributed by atoms with Crippen molar-refractivity contribution in [2.45, 2.75) is 51.0 Å². The lowest BCUT2D eigenvalue weighted by Crippen LogP contribution is -2.34. The minimum Gasteiger partial charge on any atom is -0.369 e. The van der Waals surface area contributed by atoms with Crippen molar-refractivity contribution in [2.75, 3.05) is 5.75 Å². The molecule has 0 saturated carbocycles. The van der Waals surface area contributed by atoms with E-state index in [9.17, 15) is 4.79 Å². The van der Waals surface area contributed by atoms with Gasteiger partial charge in [-0.3, -0.25) is 9.36 Å². The van der Waals surface area contributed by atoms with Crippen molar-refractivity contribution in [3.8, 4) is 5.69 Å². The van der Waals surface area contributed by atoms with Gasteiger partial charge in [0.15, 0.2) is 5.16 Å². The highest BCUT2D eigenvalue weighted by Gasteiger charge is 2.33. The van der Waals surface area contributed by atoms with Crippen LogP contribution < -0.4 is 5.56 Å². The largest absolute Gasteiger partial charge is 0.369 e. The van der Waals surface area contributed by atoms with Crippen molar-refractivity contribution in [2.24, 2.45) is 0 Å². The van der Waals surface area contributed by atoms with Gasteiger partial charge < -0.3 is 4.74 Å². The normalized spacial score (nSPS) is 19.0. The molecule has 0 saturated heterocycles. The zero-order chi connectivity index (χ0) is 19.9. The maximum Gasteiger partial charge on any atom is 0.267 e. The summed E-state index contributed by atoms with van der Waals surface area (Å²) in [5, 5.41) is 1.47. The van der Waals surface area contributed by atoms with Gasteiger partial charge in [-0.15, -0.1) is 17.9 Å². The number of thiophene rings is 1. The second-order valence-corrected chi connectivity index (χ2v) is 9.44. The molecule has 4 rings (SSSR count). The van der Waals surface area contributed by atoms with E-state index in [0.717, 1.165) is 44.7 Å². The van der Waals surface area contributed by atoms with Gasteiger partial charge in [-0.05, 0) is 37.5 Å². The molecular weight excluding hydrogens is 388 g/mol. The summed E-state index contributed by atoms with van der Waals surface area (Å²) in [5.41, 5.74) is 2.85. The molecule has 1 unspecified atom stereocenters. The summed E-state index contributed by atoms with van der Waals surface area (Å²) in [4.78, 5) is 20.6. The number of fused-ring (bicyclic) bond motifs is 3. The number of nitrogens with zero attached hydrogens (tertiary/aromatic N) is 2. The first-order valence-electron chi connectivity index (χ1n) is 9.48. The number of hydrogen-bond donors (Lipinski definition) is 0. The van der Waals surface area contributed by atoms with E-state index >= 15 is 0 Å². The number of aromatic nitrogens is 2. The fourth-order valence-corrected chi connectivity index (χ4v) is 5.47. The van der Waals surface area contributed by atoms with Crippen LogP contribution >= 0.6 is 23.1 Å². The van der Waals surface area contributed by atoms with Crippen LogP contribution in [0.4, 0.5) is 0 Å². The first-order chi connectivity index (χ1) is 13.5. The van der Waals surface area contributed by atoms with Gasteiger partial charge in [-0.25, -0.2) is 4.98 Å². The second kappa shape index (κ2) is 7.50. The molecule has 2 aromatic heterocycles. The fourth-order valence-electron chi connectivity index (χ4n) is 3.59. The Hall–Kier alpha value is -1.89. The summed E-state index contributed by atoms with van der Waals surface area (Å²) in [6.45, 7) is 10.6. The number of thioether (sulfide) groups is 1. The Bertz CT molecular complexity index is 1120. The molecule has 0 N–H and O–H groups in total. The van der Waals surface area contributed by atoms with Crippen LogP contribution in [-0.4, -0.2) is 20.9 Å². The van der Waals surface area contributed by atoms with Crippen LogP contribution in [0.2, 0.25) is 0 Å². The zero-order valence-corrected chi connectivity index (χ0v) is 18.1. The van der Waals surface area contributed by atoms with Crippen LogP contribution in [0.1, 0.15) is 36.3 Å². The van der Waals surface area contributed by atoms with Gasteiger partial charge in [0.05, 0.1) is 23.3 Å². The van der Waals surface area contributed by atoms with Crippen molar-refractivity contribution in [3.63, 3.8) is 0 Å². The molecule has 0 spiro atoms. The summed E-state index contributed by atoms with van der Waals surface area (Å²) in [6.07, 6.45) is 3.50. The Labute approximate surface area is 173 Å². The SMILES string of the molecule is C=CCSc1nc2sc3c(c2c(=O)n1-c1ccccc1C)CC(C)(CC)OC3. The molecule has 1 aliphatic rings. The van der Waals surface area contributed by atoms with Crippen molar-refractivity contribution < 1.29 is 4.74 Å². The van der Waals surface area contributed by atoms with E-state index in [0.29, 0.717) is 17.5 Å². The molecule has 3 heterocycles. The van der Waals surface area contributed by atoms with Crippen LogP contribution in [0.3, 0.4) is 0 Å². The first-order valence-corrected chi connectivity index (χ1v) is 11.3. The average molecular weight is 413 g/mol. The fraction of sp³-hybridized carbons (Fsp3) is 0.364. The minimum absolute atomic E-state index is 0.0173. The summed E-state index contributed by atoms with van der Waals surface area (Å²) >= 11 is 3.13. The van der Waals surface area contributed by atoms with E-state index in [1.165, 1.54) is 11.8 Å². The molecule has 6 heteroatoms. The third kappa shape index (κ3) is 3.23. The third-order valence-corrected chi connectivity index (χ3v) is 7.45. The van der Waals surface area contributed by atoms with Crippen LogP contribution in [-0.2, 0) is 17.8 Å². The number of rotatable bonds is 5. The van der Waals surface area contributed by atoms with Crippen molar-refractivity contribution >= 4 is 33.3 Å². The predicted octanol–water partition coefficient (Wildman–Crippen LogP) is 5.28. The van der Waals surface area contributed by atoms with Crippen LogP contribution in [0.5, 0.6) is 0 Å². The summed E-state index contributed by atoms with van der Waals surface area (Å²) < 4.78 is 7.87. The Morgan fingerprint density at radius 3 is 2.93 bits per heavy atom. The number of ether oxygens (including phenoxy) is 1. The van der Waals surface area contributed by atoms with E-state index in [4.69, 9.17) is 9.72 Å². The topological polar surface area (TPSA) is 44.1 Å². The van der Waals surface area contributed by atoms with Gasteiger partial charge in [0.25, 0.3) is 5.56 Å². The Balaban J connectivity index is 2.00. The third-order valence-electron chi connectivity index (χ3n) is 5.41. The molecule has 0 fully saturated rings. The van der Waals surface area contributed by atoms with E-state index < -0.39 is 0 Å². The Kier molecular flexibility index (Phi) is 5.21. The molecule has 1 aromatic carbocycles. The quantitative estimate of drug-likeness (QED) is 0.325. The highest BCUT2D eigenvalue weighted by Crippen LogP contribution is 2.39. The smallest absolute Gasteiger partial charge is 0.267 e. The summed E-state index contributed by atoms with van der Waals surface area (Å²) in [6, 6.07) is 7.97. The van der Waals surface area contributed by atoms with Crippen molar-refractivity contribution in [3.05, 3.63) is 63.3 Å². The van der Waals surface area contributed by atoms with E-state index in [-0.39, 0.29) is 11.2 Å². The molecule has 3 aromatic rings. The molecule has 0 radical (unpaired) electrons. The predicted molar refractivity (Wildman–Crippen MR) is 118 cm³/mol. The van der Waals surface area contributed by atoms with Gasteiger partial charge in [0.1, 0.15) is 4.83 Å². The summed E-state index contributed by atoms with van der Waals surface area (Å²) in [7, 11) is 0. The number of aryl methyl sites for hydroxylation is 1. The Morgan fingerprint density at radius 2 is 2.21 bits per heavy atom. The number of benzene rings is 1. The van der Waals surface area contributed by atoms with Gasteiger partial charge in [-0.2, -0.15) is 0 Å². The van der Waals surface area contributed by atoms with Crippen LogP contribution in [0.15, 0.2) is 46.9 Å². The molecule has 28 heavy (non-hydrogen) atoms. The monoisotopic (exact) mass is 412 g/mol. The van der Waals surface area contributed by atoms with Crippen molar-refractivity contribution in [1.29, 1.82) is 0 Å². The molecule has 146 valence electrons. The van der Waals surface area contributed by atoms with Gasteiger partial charge in [0.2, 0.25) is 0 Å². The van der Waals surface area contributed by atoms with Crippen molar-refractivity contribution in [1.82, 2.24) is 9.55 Å². The van der Waals surface area contributed by atoms with Gasteiger partial charge in [0, 0.05) is 17.1 Å². The highest BCUT2D eigenvalue weighted by molar-refractivity contribution is 7.99.